The molecule has 0 spiro atoms. The Morgan fingerprint density at radius 1 is 1.17 bits per heavy atom. The minimum absolute atomic E-state index is 0.0556. The van der Waals surface area contributed by atoms with Crippen LogP contribution in [0.25, 0.3) is 0 Å². The van der Waals surface area contributed by atoms with Crippen LogP contribution in [0.5, 0.6) is 0 Å². The summed E-state index contributed by atoms with van der Waals surface area (Å²) in [6.45, 7) is 5.92. The van der Waals surface area contributed by atoms with Crippen molar-refractivity contribution in [2.24, 2.45) is 11.8 Å². The second-order valence-electron chi connectivity index (χ2n) is 6.26. The Labute approximate surface area is 170 Å². The van der Waals surface area contributed by atoms with E-state index in [1.165, 1.54) is 19.0 Å². The zero-order valence-corrected chi connectivity index (χ0v) is 17.7. The van der Waals surface area contributed by atoms with E-state index in [4.69, 9.17) is 0 Å². The molecule has 11 nitrogen and oxygen atoms in total. The Morgan fingerprint density at radius 2 is 1.76 bits per heavy atom. The maximum atomic E-state index is 10.8. The summed E-state index contributed by atoms with van der Waals surface area (Å²) in [5.74, 6) is -0.735. The molecule has 1 rings (SSSR count). The summed E-state index contributed by atoms with van der Waals surface area (Å²) in [4.78, 5) is 63.4. The van der Waals surface area contributed by atoms with E-state index in [9.17, 15) is 28.8 Å². The normalized spacial score (nSPS) is 16.8. The summed E-state index contributed by atoms with van der Waals surface area (Å²) in [5, 5.41) is 4.86. The number of carbonyl (C=O) groups excluding carboxylic acids is 6. The maximum Gasteiger partial charge on any atom is 0.293 e. The molecule has 166 valence electrons. The number of likely N-dealkylation sites (tertiary alicyclic amines) is 1. The van der Waals surface area contributed by atoms with Crippen molar-refractivity contribution < 1.29 is 38.2 Å². The van der Waals surface area contributed by atoms with Gasteiger partial charge in [-0.3, -0.25) is 33.7 Å². The number of rotatable bonds is 8. The van der Waals surface area contributed by atoms with Gasteiger partial charge in [-0.1, -0.05) is 13.8 Å². The first kappa shape index (κ1) is 28.2. The molecule has 0 aromatic heterocycles. The molecule has 3 atom stereocenters. The van der Waals surface area contributed by atoms with Crippen molar-refractivity contribution >= 4 is 36.6 Å². The molecule has 29 heavy (non-hydrogen) atoms. The Bertz CT molecular complexity index is 567. The zero-order valence-electron chi connectivity index (χ0n) is 17.7. The van der Waals surface area contributed by atoms with Crippen LogP contribution in [0.3, 0.4) is 0 Å². The highest BCUT2D eigenvalue weighted by Gasteiger charge is 2.32. The van der Waals surface area contributed by atoms with Gasteiger partial charge in [0.05, 0.1) is 12.3 Å². The largest absolute Gasteiger partial charge is 0.467 e. The van der Waals surface area contributed by atoms with Gasteiger partial charge < -0.3 is 20.1 Å². The number of amides is 4. The molecule has 1 aliphatic rings. The van der Waals surface area contributed by atoms with Gasteiger partial charge in [0.15, 0.2) is 0 Å². The Morgan fingerprint density at radius 3 is 2.07 bits per heavy atom. The van der Waals surface area contributed by atoms with E-state index in [0.29, 0.717) is 19.4 Å². The van der Waals surface area contributed by atoms with Crippen molar-refractivity contribution in [1.29, 1.82) is 0 Å². The molecule has 1 heterocycles. The number of hydrogen-bond acceptors (Lipinski definition) is 8. The summed E-state index contributed by atoms with van der Waals surface area (Å²) in [7, 11) is 4.60. The lowest BCUT2D eigenvalue weighted by atomic mass is 10.1. The molecule has 0 aromatic rings. The third-order valence-electron chi connectivity index (χ3n) is 3.75. The van der Waals surface area contributed by atoms with E-state index < -0.39 is 0 Å². The summed E-state index contributed by atoms with van der Waals surface area (Å²) >= 11 is 0. The zero-order chi connectivity index (χ0) is 23.0. The lowest BCUT2D eigenvalue weighted by molar-refractivity contribution is -0.138. The molecule has 1 aliphatic heterocycles. The van der Waals surface area contributed by atoms with Crippen molar-refractivity contribution in [2.45, 2.75) is 39.7 Å². The molecule has 1 fully saturated rings. The highest BCUT2D eigenvalue weighted by atomic mass is 16.5. The first-order chi connectivity index (χ1) is 13.5. The van der Waals surface area contributed by atoms with E-state index in [2.05, 4.69) is 20.1 Å². The number of carbonyl (C=O) groups is 6. The third-order valence-corrected chi connectivity index (χ3v) is 3.75. The van der Waals surface area contributed by atoms with Crippen LogP contribution in [-0.4, -0.2) is 75.3 Å². The van der Waals surface area contributed by atoms with Crippen molar-refractivity contribution in [2.75, 3.05) is 27.7 Å². The second kappa shape index (κ2) is 16.0. The Kier molecular flexibility index (Phi) is 15.6. The van der Waals surface area contributed by atoms with E-state index in [1.54, 1.807) is 27.8 Å². The van der Waals surface area contributed by atoms with Crippen LogP contribution < -0.4 is 10.6 Å². The average molecular weight is 417 g/mol. The molecule has 1 saturated heterocycles. The van der Waals surface area contributed by atoms with Gasteiger partial charge in [-0.25, -0.2) is 0 Å². The number of imide groups is 1. The monoisotopic (exact) mass is 417 g/mol. The van der Waals surface area contributed by atoms with Crippen molar-refractivity contribution in [3.8, 4) is 0 Å². The average Bonchev–Trinajstić information content (AvgIpc) is 2.91. The van der Waals surface area contributed by atoms with Gasteiger partial charge in [0.1, 0.15) is 12.7 Å². The lowest BCUT2D eigenvalue weighted by Gasteiger charge is -2.06. The molecule has 0 aliphatic carbocycles. The van der Waals surface area contributed by atoms with Crippen LogP contribution in [-0.2, 0) is 38.2 Å². The summed E-state index contributed by atoms with van der Waals surface area (Å²) < 4.78 is 8.85. The third kappa shape index (κ3) is 12.9. The van der Waals surface area contributed by atoms with Crippen LogP contribution in [0.4, 0.5) is 0 Å². The highest BCUT2D eigenvalue weighted by molar-refractivity contribution is 6.02. The van der Waals surface area contributed by atoms with Crippen LogP contribution >= 0.6 is 0 Å². The maximum absolute atomic E-state index is 10.8. The van der Waals surface area contributed by atoms with Crippen LogP contribution in [0.2, 0.25) is 0 Å². The molecule has 2 N–H and O–H groups in total. The molecular weight excluding hydrogens is 386 g/mol. The van der Waals surface area contributed by atoms with Crippen LogP contribution in [0, 0.1) is 11.8 Å². The molecule has 4 amide bonds. The fourth-order valence-corrected chi connectivity index (χ4v) is 1.95. The fraction of sp³-hybridized carbons (Fsp3) is 0.667. The molecule has 0 bridgehead atoms. The van der Waals surface area contributed by atoms with E-state index in [-0.39, 0.29) is 54.6 Å². The van der Waals surface area contributed by atoms with E-state index in [1.807, 2.05) is 0 Å². The second-order valence-corrected chi connectivity index (χ2v) is 6.26. The number of ether oxygens (including phenoxy) is 2. The Hall–Kier alpha value is -2.98. The van der Waals surface area contributed by atoms with Crippen molar-refractivity contribution in [3.63, 3.8) is 0 Å². The number of hydrogen-bond donors (Lipinski definition) is 2. The fourth-order valence-electron chi connectivity index (χ4n) is 1.95. The predicted octanol–water partition coefficient (Wildman–Crippen LogP) is -0.763. The summed E-state index contributed by atoms with van der Waals surface area (Å²) in [5.41, 5.74) is 0. The first-order valence-electron chi connectivity index (χ1n) is 8.92. The first-order valence-corrected chi connectivity index (χ1v) is 8.92. The van der Waals surface area contributed by atoms with Crippen LogP contribution in [0.1, 0.15) is 33.6 Å². The topological polar surface area (TPSA) is 148 Å². The SMILES string of the molecule is CC1CC(=O)N(C)C1=O.CNC(=O)C(C)COC=O.CNC(=O)CC(C)OC=O. The standard InChI is InChI=1S/2C6H11NO3.C6H9NO2/c1-5(3-10-4-8)6(9)7-2;1-5(10-4-8)3-6(9)7-2;1-4-3-5(8)7(2)6(4)9/h2*4-5H,3H2,1-2H3,(H,7,9);4H,3H2,1-2H3. The smallest absolute Gasteiger partial charge is 0.293 e. The quantitative estimate of drug-likeness (QED) is 0.387. The minimum atomic E-state index is -0.336. The van der Waals surface area contributed by atoms with E-state index >= 15 is 0 Å². The van der Waals surface area contributed by atoms with Crippen LogP contribution in [0.15, 0.2) is 0 Å². The minimum Gasteiger partial charge on any atom is -0.467 e. The van der Waals surface area contributed by atoms with Gasteiger partial charge in [-0.05, 0) is 6.92 Å². The van der Waals surface area contributed by atoms with Crippen molar-refractivity contribution in [1.82, 2.24) is 15.5 Å². The summed E-state index contributed by atoms with van der Waals surface area (Å²) in [6, 6.07) is 0. The molecule has 0 saturated carbocycles. The van der Waals surface area contributed by atoms with Gasteiger partial charge in [0.25, 0.3) is 12.9 Å². The number of nitrogens with zero attached hydrogens (tertiary/aromatic N) is 1. The highest BCUT2D eigenvalue weighted by Crippen LogP contribution is 2.15. The molecule has 11 heteroatoms. The Balaban J connectivity index is 0. The molecule has 0 radical (unpaired) electrons. The van der Waals surface area contributed by atoms with Gasteiger partial charge in [-0.2, -0.15) is 0 Å². The predicted molar refractivity (Wildman–Crippen MR) is 102 cm³/mol. The lowest BCUT2D eigenvalue weighted by Crippen LogP contribution is -2.28. The van der Waals surface area contributed by atoms with Gasteiger partial charge in [0, 0.05) is 33.5 Å². The molecule has 0 aromatic carbocycles. The van der Waals surface area contributed by atoms with E-state index in [0.717, 1.165) is 0 Å². The van der Waals surface area contributed by atoms with Gasteiger partial charge >= 0.3 is 0 Å². The van der Waals surface area contributed by atoms with Gasteiger partial charge in [0.2, 0.25) is 23.6 Å². The van der Waals surface area contributed by atoms with Crippen molar-refractivity contribution in [3.05, 3.63) is 0 Å². The molecule has 3 unspecified atom stereocenters. The van der Waals surface area contributed by atoms with Gasteiger partial charge in [-0.15, -0.1) is 0 Å². The number of nitrogens with one attached hydrogen (secondary N) is 2. The molecular formula is C18H31N3O8. The summed E-state index contributed by atoms with van der Waals surface area (Å²) in [6.07, 6.45) is 0.266.